The van der Waals surface area contributed by atoms with E-state index in [-0.39, 0.29) is 16.9 Å². The average molecular weight is 431 g/mol. The van der Waals surface area contributed by atoms with Crippen LogP contribution in [0.4, 0.5) is 0 Å². The molecular formula is C18H18N6O3S2. The highest BCUT2D eigenvalue weighted by Gasteiger charge is 2.22. The molecule has 9 nitrogen and oxygen atoms in total. The van der Waals surface area contributed by atoms with Crippen LogP contribution in [0.5, 0.6) is 0 Å². The fourth-order valence-corrected chi connectivity index (χ4v) is 5.15. The number of aromatic nitrogens is 6. The van der Waals surface area contributed by atoms with E-state index in [9.17, 15) is 4.79 Å². The fourth-order valence-electron chi connectivity index (χ4n) is 3.36. The summed E-state index contributed by atoms with van der Waals surface area (Å²) in [7, 11) is 0. The molecule has 0 amide bonds. The zero-order valence-electron chi connectivity index (χ0n) is 15.6. The third kappa shape index (κ3) is 3.61. The number of hydrogen-bond donors (Lipinski definition) is 1. The highest BCUT2D eigenvalue weighted by Crippen LogP contribution is 2.35. The monoisotopic (exact) mass is 430 g/mol. The molecule has 0 aromatic carbocycles. The third-order valence-electron chi connectivity index (χ3n) is 4.82. The van der Waals surface area contributed by atoms with Gasteiger partial charge in [0.1, 0.15) is 16.4 Å². The Hall–Kier alpha value is -2.50. The Balaban J connectivity index is 1.40. The van der Waals surface area contributed by atoms with Gasteiger partial charge in [-0.05, 0) is 42.3 Å². The van der Waals surface area contributed by atoms with Crippen molar-refractivity contribution >= 4 is 33.3 Å². The van der Waals surface area contributed by atoms with Crippen molar-refractivity contribution in [2.75, 3.05) is 6.61 Å². The van der Waals surface area contributed by atoms with Gasteiger partial charge in [-0.2, -0.15) is 0 Å². The van der Waals surface area contributed by atoms with Crippen LogP contribution < -0.4 is 5.56 Å². The van der Waals surface area contributed by atoms with Crippen LogP contribution in [0.15, 0.2) is 38.1 Å². The van der Waals surface area contributed by atoms with E-state index >= 15 is 0 Å². The number of nitrogens with one attached hydrogen (secondary N) is 1. The van der Waals surface area contributed by atoms with E-state index in [0.29, 0.717) is 33.5 Å². The summed E-state index contributed by atoms with van der Waals surface area (Å²) in [5, 5.41) is 15.0. The largest absolute Gasteiger partial charge is 0.464 e. The number of thiophene rings is 1. The molecule has 2 atom stereocenters. The smallest absolute Gasteiger partial charge is 0.260 e. The maximum absolute atomic E-state index is 12.8. The first-order valence-corrected chi connectivity index (χ1v) is 11.0. The van der Waals surface area contributed by atoms with Gasteiger partial charge in [0, 0.05) is 17.6 Å². The number of nitrogens with zero attached hydrogens (tertiary/aromatic N) is 5. The van der Waals surface area contributed by atoms with Crippen molar-refractivity contribution in [3.63, 3.8) is 0 Å². The summed E-state index contributed by atoms with van der Waals surface area (Å²) < 4.78 is 12.9. The highest BCUT2D eigenvalue weighted by atomic mass is 32.2. The summed E-state index contributed by atoms with van der Waals surface area (Å²) in [6.07, 6.45) is 3.82. The lowest BCUT2D eigenvalue weighted by Gasteiger charge is -2.12. The van der Waals surface area contributed by atoms with Gasteiger partial charge in [0.2, 0.25) is 5.16 Å². The summed E-state index contributed by atoms with van der Waals surface area (Å²) in [5.41, 5.74) is 0.583. The predicted octanol–water partition coefficient (Wildman–Crippen LogP) is 3.26. The minimum Gasteiger partial charge on any atom is -0.464 e. The molecule has 1 fully saturated rings. The Morgan fingerprint density at radius 1 is 1.48 bits per heavy atom. The van der Waals surface area contributed by atoms with Crippen LogP contribution in [0.3, 0.4) is 0 Å². The lowest BCUT2D eigenvalue weighted by Crippen LogP contribution is -2.17. The lowest BCUT2D eigenvalue weighted by atomic mass is 10.2. The van der Waals surface area contributed by atoms with E-state index in [4.69, 9.17) is 9.15 Å². The van der Waals surface area contributed by atoms with Crippen molar-refractivity contribution in [1.82, 2.24) is 30.2 Å². The molecule has 0 aliphatic carbocycles. The zero-order chi connectivity index (χ0) is 19.8. The van der Waals surface area contributed by atoms with Crippen LogP contribution in [0, 0.1) is 0 Å². The molecule has 1 aliphatic rings. The predicted molar refractivity (Wildman–Crippen MR) is 109 cm³/mol. The number of thioether (sulfide) groups is 1. The first kappa shape index (κ1) is 18.5. The summed E-state index contributed by atoms with van der Waals surface area (Å²) in [6, 6.07) is 3.63. The summed E-state index contributed by atoms with van der Waals surface area (Å²) in [4.78, 5) is 21.1. The lowest BCUT2D eigenvalue weighted by molar-refractivity contribution is 0.0911. The molecule has 2 unspecified atom stereocenters. The molecule has 5 rings (SSSR count). The van der Waals surface area contributed by atoms with Gasteiger partial charge < -0.3 is 14.1 Å². The normalized spacial score (nSPS) is 17.9. The third-order valence-corrected chi connectivity index (χ3v) is 6.77. The second-order valence-electron chi connectivity index (χ2n) is 6.80. The maximum atomic E-state index is 12.8. The van der Waals surface area contributed by atoms with Crippen LogP contribution in [0.1, 0.15) is 30.8 Å². The van der Waals surface area contributed by atoms with Crippen molar-refractivity contribution in [2.45, 2.75) is 42.8 Å². The molecule has 11 heteroatoms. The van der Waals surface area contributed by atoms with Gasteiger partial charge in [0.25, 0.3) is 5.56 Å². The number of fused-ring (bicyclic) bond motifs is 1. The molecule has 1 aliphatic heterocycles. The Kier molecular flexibility index (Phi) is 4.94. The molecule has 4 aromatic rings. The summed E-state index contributed by atoms with van der Waals surface area (Å²) in [5.74, 6) is 1.25. The Morgan fingerprint density at radius 2 is 2.41 bits per heavy atom. The van der Waals surface area contributed by atoms with Crippen molar-refractivity contribution in [3.05, 3.63) is 40.0 Å². The van der Waals surface area contributed by atoms with Crippen LogP contribution >= 0.6 is 23.1 Å². The van der Waals surface area contributed by atoms with Crippen molar-refractivity contribution in [1.29, 1.82) is 0 Å². The highest BCUT2D eigenvalue weighted by molar-refractivity contribution is 7.99. The SMILES string of the molecule is CC(Sc1nnnn1CC1CCCO1)c1nc2scc(-c3ccco3)c2c(=O)[nH]1. The number of H-pyrrole nitrogens is 1. The average Bonchev–Trinajstić information content (AvgIpc) is 3.50. The van der Waals surface area contributed by atoms with Gasteiger partial charge in [-0.25, -0.2) is 9.67 Å². The first-order valence-electron chi connectivity index (χ1n) is 9.29. The van der Waals surface area contributed by atoms with Crippen LogP contribution in [0.25, 0.3) is 21.5 Å². The number of tetrazole rings is 1. The van der Waals surface area contributed by atoms with Crippen LogP contribution in [-0.2, 0) is 11.3 Å². The van der Waals surface area contributed by atoms with Gasteiger partial charge in [-0.1, -0.05) is 11.8 Å². The quantitative estimate of drug-likeness (QED) is 0.464. The maximum Gasteiger partial charge on any atom is 0.260 e. The molecule has 29 heavy (non-hydrogen) atoms. The minimum atomic E-state index is -0.177. The molecule has 4 aromatic heterocycles. The van der Waals surface area contributed by atoms with E-state index in [2.05, 4.69) is 25.5 Å². The fraction of sp³-hybridized carbons (Fsp3) is 0.389. The van der Waals surface area contributed by atoms with Gasteiger partial charge in [0.15, 0.2) is 0 Å². The standard InChI is InChI=1S/C18H18N6O3S2/c1-10(29-18-21-22-23-24(18)8-11-4-2-6-26-11)15-19-16(25)14-12(9-28-17(14)20-15)13-5-3-7-27-13/h3,5,7,9-11H,2,4,6,8H2,1H3,(H,19,20,25). The molecule has 1 N–H and O–H groups in total. The molecule has 0 bridgehead atoms. The van der Waals surface area contributed by atoms with E-state index in [1.807, 2.05) is 18.4 Å². The van der Waals surface area contributed by atoms with E-state index in [0.717, 1.165) is 25.0 Å². The van der Waals surface area contributed by atoms with Crippen molar-refractivity contribution in [3.8, 4) is 11.3 Å². The number of aromatic amines is 1. The van der Waals surface area contributed by atoms with Gasteiger partial charge in [0.05, 0.1) is 29.5 Å². The van der Waals surface area contributed by atoms with Gasteiger partial charge >= 0.3 is 0 Å². The Morgan fingerprint density at radius 3 is 3.21 bits per heavy atom. The molecule has 0 saturated carbocycles. The molecular weight excluding hydrogens is 412 g/mol. The van der Waals surface area contributed by atoms with Gasteiger partial charge in [-0.3, -0.25) is 4.79 Å². The Labute approximate surface area is 173 Å². The number of hydrogen-bond acceptors (Lipinski definition) is 9. The number of ether oxygens (including phenoxy) is 1. The molecule has 0 radical (unpaired) electrons. The van der Waals surface area contributed by atoms with Crippen LogP contribution in [-0.4, -0.2) is 42.9 Å². The topological polar surface area (TPSA) is 112 Å². The second kappa shape index (κ2) is 7.73. The number of furan rings is 1. The van der Waals surface area contributed by atoms with Crippen molar-refractivity contribution in [2.24, 2.45) is 0 Å². The van der Waals surface area contributed by atoms with Gasteiger partial charge in [-0.15, -0.1) is 16.4 Å². The van der Waals surface area contributed by atoms with E-state index < -0.39 is 0 Å². The number of rotatable bonds is 6. The summed E-state index contributed by atoms with van der Waals surface area (Å²) in [6.45, 7) is 3.39. The molecule has 150 valence electrons. The molecule has 0 spiro atoms. The van der Waals surface area contributed by atoms with Crippen molar-refractivity contribution < 1.29 is 9.15 Å². The molecule has 5 heterocycles. The summed E-state index contributed by atoms with van der Waals surface area (Å²) >= 11 is 2.89. The zero-order valence-corrected chi connectivity index (χ0v) is 17.2. The van der Waals surface area contributed by atoms with Crippen LogP contribution in [0.2, 0.25) is 0 Å². The molecule has 1 saturated heterocycles. The van der Waals surface area contributed by atoms with E-state index in [1.165, 1.54) is 23.1 Å². The first-order chi connectivity index (χ1) is 14.2. The second-order valence-corrected chi connectivity index (χ2v) is 8.96. The minimum absolute atomic E-state index is 0.129. The Bertz CT molecular complexity index is 1180. The van der Waals surface area contributed by atoms with E-state index in [1.54, 1.807) is 17.0 Å².